The zero-order valence-electron chi connectivity index (χ0n) is 14.7. The summed E-state index contributed by atoms with van der Waals surface area (Å²) in [6.45, 7) is 3.83. The smallest absolute Gasteiger partial charge is 0.348 e. The summed E-state index contributed by atoms with van der Waals surface area (Å²) in [7, 11) is 0. The summed E-state index contributed by atoms with van der Waals surface area (Å²) in [5.74, 6) is -1.84. The van der Waals surface area contributed by atoms with Crippen LogP contribution >= 0.6 is 0 Å². The van der Waals surface area contributed by atoms with Crippen LogP contribution in [0.1, 0.15) is 60.1 Å². The van der Waals surface area contributed by atoms with Crippen molar-refractivity contribution >= 4 is 11.8 Å². The van der Waals surface area contributed by atoms with Crippen LogP contribution in [-0.2, 0) is 9.59 Å². The van der Waals surface area contributed by atoms with Crippen molar-refractivity contribution in [2.45, 2.75) is 64.9 Å². The van der Waals surface area contributed by atoms with Crippen molar-refractivity contribution in [3.05, 3.63) is 0 Å². The normalized spacial score (nSPS) is 18.4. The molecule has 1 fully saturated rings. The van der Waals surface area contributed by atoms with Crippen LogP contribution in [0.3, 0.4) is 0 Å². The van der Waals surface area contributed by atoms with E-state index in [0.29, 0.717) is 45.7 Å². The van der Waals surface area contributed by atoms with E-state index in [0.717, 1.165) is 19.3 Å². The molecule has 1 aliphatic rings. The van der Waals surface area contributed by atoms with E-state index >= 15 is 0 Å². The Labute approximate surface area is 137 Å². The predicted octanol–water partition coefficient (Wildman–Crippen LogP) is 3.26. The molecule has 1 saturated heterocycles. The molecular formula is C16H27F3N2O2. The summed E-state index contributed by atoms with van der Waals surface area (Å²) < 4.78 is 43.6. The fraction of sp³-hybridized carbons (Fsp3) is 0.875. The van der Waals surface area contributed by atoms with Gasteiger partial charge in [-0.25, -0.2) is 0 Å². The molecule has 1 rings (SSSR count). The Kier molecular flexibility index (Phi) is 6.72. The van der Waals surface area contributed by atoms with Crippen molar-refractivity contribution in [1.29, 1.82) is 0 Å². The molecule has 0 saturated carbocycles. The third-order valence-electron chi connectivity index (χ3n) is 4.54. The lowest BCUT2D eigenvalue weighted by Gasteiger charge is -2.39. The quantitative estimate of drug-likeness (QED) is 0.724. The minimum Gasteiger partial charge on any atom is -0.348 e. The van der Waals surface area contributed by atoms with Gasteiger partial charge >= 0.3 is 12.1 Å². The first-order chi connectivity index (χ1) is 11.2. The molecule has 7 heteroatoms. The van der Waals surface area contributed by atoms with Gasteiger partial charge in [0.25, 0.3) is 0 Å². The molecule has 0 aliphatic carbocycles. The standard InChI is InChI=1S/C16H27F3N2O2/c1-3-15(2)8-11-21(12-9-15)13(22)7-5-4-6-10-20-14(23)16(17,18)19/h3-12H2,1-2H3,(H,20,23)/i2T. The van der Waals surface area contributed by atoms with Crippen LogP contribution < -0.4 is 5.32 Å². The summed E-state index contributed by atoms with van der Waals surface area (Å²) in [5.41, 5.74) is 0.0491. The molecule has 1 N–H and O–H groups in total. The summed E-state index contributed by atoms with van der Waals surface area (Å²) in [6.07, 6.45) is -0.137. The van der Waals surface area contributed by atoms with Crippen molar-refractivity contribution < 1.29 is 24.1 Å². The lowest BCUT2D eigenvalue weighted by molar-refractivity contribution is -0.173. The molecule has 0 spiro atoms. The highest BCUT2D eigenvalue weighted by Gasteiger charge is 2.38. The maximum atomic E-state index is 12.1. The number of halogens is 3. The molecule has 1 heterocycles. The van der Waals surface area contributed by atoms with Gasteiger partial charge in [-0.1, -0.05) is 26.7 Å². The Morgan fingerprint density at radius 1 is 1.22 bits per heavy atom. The van der Waals surface area contributed by atoms with Gasteiger partial charge in [0.15, 0.2) is 0 Å². The molecule has 0 aromatic rings. The highest BCUT2D eigenvalue weighted by Crippen LogP contribution is 2.34. The van der Waals surface area contributed by atoms with E-state index < -0.39 is 12.1 Å². The van der Waals surface area contributed by atoms with Gasteiger partial charge in [0.05, 0.1) is 0 Å². The van der Waals surface area contributed by atoms with Crippen LogP contribution in [0.5, 0.6) is 0 Å². The molecule has 0 radical (unpaired) electrons. The highest BCUT2D eigenvalue weighted by molar-refractivity contribution is 5.81. The van der Waals surface area contributed by atoms with Crippen LogP contribution in [0, 0.1) is 5.41 Å². The van der Waals surface area contributed by atoms with Crippen LogP contribution in [0.15, 0.2) is 0 Å². The van der Waals surface area contributed by atoms with Crippen LogP contribution in [-0.4, -0.2) is 42.5 Å². The van der Waals surface area contributed by atoms with Gasteiger partial charge in [0.2, 0.25) is 5.91 Å². The van der Waals surface area contributed by atoms with Gasteiger partial charge in [0.1, 0.15) is 0 Å². The zero-order chi connectivity index (χ0) is 18.2. The second-order valence-electron chi connectivity index (χ2n) is 6.30. The number of amides is 2. The number of hydrogen-bond acceptors (Lipinski definition) is 2. The number of carbonyl (C=O) groups is 2. The van der Waals surface area contributed by atoms with E-state index in [1.807, 2.05) is 10.2 Å². The number of alkyl halides is 3. The maximum absolute atomic E-state index is 12.1. The molecule has 0 aromatic carbocycles. The molecule has 1 aliphatic heterocycles. The van der Waals surface area contributed by atoms with E-state index in [1.165, 1.54) is 0 Å². The SMILES string of the molecule is [3H]CC1(CC)CCN(C(=O)CCCCCNC(=O)C(F)(F)F)CC1. The van der Waals surface area contributed by atoms with Gasteiger partial charge in [-0.3, -0.25) is 9.59 Å². The summed E-state index contributed by atoms with van der Waals surface area (Å²) in [4.78, 5) is 24.6. The van der Waals surface area contributed by atoms with Gasteiger partial charge in [0, 0.05) is 27.4 Å². The average molecular weight is 338 g/mol. The van der Waals surface area contributed by atoms with Crippen molar-refractivity contribution in [1.82, 2.24) is 10.2 Å². The molecule has 0 bridgehead atoms. The van der Waals surface area contributed by atoms with Crippen molar-refractivity contribution in [3.63, 3.8) is 0 Å². The topological polar surface area (TPSA) is 49.4 Å². The maximum Gasteiger partial charge on any atom is 0.471 e. The minimum atomic E-state index is -4.84. The number of unbranched alkanes of at least 4 members (excludes halogenated alkanes) is 2. The summed E-state index contributed by atoms with van der Waals surface area (Å²) in [6, 6.07) is 0. The van der Waals surface area contributed by atoms with Crippen LogP contribution in [0.4, 0.5) is 13.2 Å². The Bertz CT molecular complexity index is 416. The fourth-order valence-electron chi connectivity index (χ4n) is 2.62. The summed E-state index contributed by atoms with van der Waals surface area (Å²) >= 11 is 0. The van der Waals surface area contributed by atoms with Gasteiger partial charge in [-0.05, 0) is 31.1 Å². The van der Waals surface area contributed by atoms with Crippen molar-refractivity contribution in [3.8, 4) is 0 Å². The molecule has 134 valence electrons. The highest BCUT2D eigenvalue weighted by atomic mass is 19.4. The number of piperidine rings is 1. The zero-order valence-corrected chi connectivity index (χ0v) is 13.7. The number of nitrogens with zero attached hydrogens (tertiary/aromatic N) is 1. The number of rotatable bonds is 7. The number of carbonyl (C=O) groups excluding carboxylic acids is 2. The molecule has 4 nitrogen and oxygen atoms in total. The third-order valence-corrected chi connectivity index (χ3v) is 4.54. The Morgan fingerprint density at radius 2 is 1.87 bits per heavy atom. The molecular weight excluding hydrogens is 309 g/mol. The average Bonchev–Trinajstić information content (AvgIpc) is 2.56. The van der Waals surface area contributed by atoms with E-state index in [1.54, 1.807) is 0 Å². The Hall–Kier alpha value is -1.27. The van der Waals surface area contributed by atoms with Gasteiger partial charge in [-0.2, -0.15) is 13.2 Å². The number of nitrogens with one attached hydrogen (secondary N) is 1. The monoisotopic (exact) mass is 338 g/mol. The lowest BCUT2D eigenvalue weighted by atomic mass is 9.78. The van der Waals surface area contributed by atoms with Crippen LogP contribution in [0.2, 0.25) is 0 Å². The van der Waals surface area contributed by atoms with E-state index in [2.05, 4.69) is 6.92 Å². The molecule has 0 atom stereocenters. The summed E-state index contributed by atoms with van der Waals surface area (Å²) in [5, 5.41) is 1.82. The molecule has 2 amide bonds. The van der Waals surface area contributed by atoms with Crippen LogP contribution in [0.25, 0.3) is 0 Å². The Balaban J connectivity index is 2.14. The third kappa shape index (κ3) is 6.79. The van der Waals surface area contributed by atoms with Crippen molar-refractivity contribution in [2.24, 2.45) is 5.41 Å². The first-order valence-electron chi connectivity index (χ1n) is 8.87. The number of hydrogen-bond donors (Lipinski definition) is 1. The Morgan fingerprint density at radius 3 is 2.39 bits per heavy atom. The fourth-order valence-corrected chi connectivity index (χ4v) is 2.62. The first kappa shape index (κ1) is 18.1. The first-order valence-corrected chi connectivity index (χ1v) is 8.16. The molecule has 23 heavy (non-hydrogen) atoms. The second-order valence-corrected chi connectivity index (χ2v) is 6.30. The van der Waals surface area contributed by atoms with Gasteiger partial charge in [-0.15, -0.1) is 0 Å². The lowest BCUT2D eigenvalue weighted by Crippen LogP contribution is -2.41. The largest absolute Gasteiger partial charge is 0.471 e. The number of likely N-dealkylation sites (tertiary alicyclic amines) is 1. The van der Waals surface area contributed by atoms with E-state index in [-0.39, 0.29) is 17.9 Å². The van der Waals surface area contributed by atoms with E-state index in [9.17, 15) is 22.8 Å². The molecule has 0 aromatic heterocycles. The van der Waals surface area contributed by atoms with Gasteiger partial charge < -0.3 is 10.2 Å². The van der Waals surface area contributed by atoms with Crippen molar-refractivity contribution in [2.75, 3.05) is 19.6 Å². The second kappa shape index (κ2) is 8.55. The minimum absolute atomic E-state index is 0.0290. The molecule has 0 unspecified atom stereocenters. The predicted molar refractivity (Wildman–Crippen MR) is 81.7 cm³/mol. The van der Waals surface area contributed by atoms with E-state index in [4.69, 9.17) is 1.37 Å².